The average molecular weight is 379 g/mol. The Bertz CT molecular complexity index is 1060. The van der Waals surface area contributed by atoms with Gasteiger partial charge in [0.2, 0.25) is 0 Å². The number of anilines is 1. The lowest BCUT2D eigenvalue weighted by Gasteiger charge is -2.29. The van der Waals surface area contributed by atoms with Crippen LogP contribution in [0.4, 0.5) is 14.6 Å². The first-order chi connectivity index (χ1) is 13.4. The van der Waals surface area contributed by atoms with Gasteiger partial charge in [0.1, 0.15) is 5.82 Å². The molecule has 3 heterocycles. The van der Waals surface area contributed by atoms with Crippen LogP contribution in [0.3, 0.4) is 0 Å². The van der Waals surface area contributed by atoms with Crippen molar-refractivity contribution in [2.24, 2.45) is 0 Å². The summed E-state index contributed by atoms with van der Waals surface area (Å²) in [4.78, 5) is 22.4. The number of fused-ring (bicyclic) bond motifs is 1. The number of carbonyl (C=O) groups excluding carboxylic acids is 1. The maximum absolute atomic E-state index is 14.1. The number of benzene rings is 1. The van der Waals surface area contributed by atoms with Crippen LogP contribution in [-0.2, 0) is 12.8 Å². The van der Waals surface area contributed by atoms with E-state index in [0.717, 1.165) is 40.2 Å². The molecule has 3 aromatic rings. The van der Waals surface area contributed by atoms with E-state index in [4.69, 9.17) is 0 Å². The van der Waals surface area contributed by atoms with Gasteiger partial charge in [0.05, 0.1) is 6.20 Å². The fourth-order valence-corrected chi connectivity index (χ4v) is 3.52. The number of aryl methyl sites for hydroxylation is 2. The molecular formula is C22H19F2N3O. The van der Waals surface area contributed by atoms with Gasteiger partial charge < -0.3 is 0 Å². The van der Waals surface area contributed by atoms with E-state index in [1.54, 1.807) is 0 Å². The Hall–Kier alpha value is -3.15. The summed E-state index contributed by atoms with van der Waals surface area (Å²) in [5.41, 5.74) is 5.61. The topological polar surface area (TPSA) is 46.1 Å². The summed E-state index contributed by atoms with van der Waals surface area (Å²) in [6.07, 6.45) is 4.00. The predicted molar refractivity (Wildman–Crippen MR) is 102 cm³/mol. The second kappa shape index (κ2) is 7.11. The maximum Gasteiger partial charge on any atom is 0.259 e. The van der Waals surface area contributed by atoms with Crippen LogP contribution in [-0.4, -0.2) is 22.4 Å². The molecule has 1 aliphatic heterocycles. The van der Waals surface area contributed by atoms with Gasteiger partial charge in [0.25, 0.3) is 5.91 Å². The van der Waals surface area contributed by atoms with Crippen molar-refractivity contribution in [3.8, 4) is 0 Å². The van der Waals surface area contributed by atoms with Crippen LogP contribution in [0.1, 0.15) is 38.3 Å². The summed E-state index contributed by atoms with van der Waals surface area (Å²) < 4.78 is 27.3. The van der Waals surface area contributed by atoms with Gasteiger partial charge in [-0.15, -0.1) is 0 Å². The number of amides is 1. The molecule has 0 unspecified atom stereocenters. The van der Waals surface area contributed by atoms with Crippen molar-refractivity contribution in [2.45, 2.75) is 26.7 Å². The average Bonchev–Trinajstić information content (AvgIpc) is 2.66. The highest BCUT2D eigenvalue weighted by Crippen LogP contribution is 2.28. The number of halogens is 2. The molecule has 0 radical (unpaired) electrons. The van der Waals surface area contributed by atoms with Crippen LogP contribution in [0, 0.1) is 25.5 Å². The van der Waals surface area contributed by atoms with Gasteiger partial charge in [-0.3, -0.25) is 14.7 Å². The molecule has 0 atom stereocenters. The number of hydrogen-bond donors (Lipinski definition) is 0. The maximum atomic E-state index is 14.1. The Morgan fingerprint density at radius 1 is 1.07 bits per heavy atom. The zero-order chi connectivity index (χ0) is 19.8. The third-order valence-corrected chi connectivity index (χ3v) is 5.05. The Balaban J connectivity index is 1.68. The first-order valence-corrected chi connectivity index (χ1v) is 9.09. The molecular weight excluding hydrogens is 360 g/mol. The molecule has 1 amide bonds. The SMILES string of the molecule is Cc1ccc(Cc2cc3c(cc2C)CCN(c2ncc(F)cc2F)C3=O)cn1. The van der Waals surface area contributed by atoms with Gasteiger partial charge in [-0.25, -0.2) is 13.8 Å². The lowest BCUT2D eigenvalue weighted by molar-refractivity contribution is 0.0978. The minimum Gasteiger partial charge on any atom is -0.290 e. The molecule has 6 heteroatoms. The molecule has 0 aliphatic carbocycles. The smallest absolute Gasteiger partial charge is 0.259 e. The molecule has 28 heavy (non-hydrogen) atoms. The summed E-state index contributed by atoms with van der Waals surface area (Å²) in [6.45, 7) is 4.27. The fraction of sp³-hybridized carbons (Fsp3) is 0.227. The van der Waals surface area contributed by atoms with Crippen molar-refractivity contribution in [1.82, 2.24) is 9.97 Å². The van der Waals surface area contributed by atoms with Crippen molar-refractivity contribution in [2.75, 3.05) is 11.4 Å². The monoisotopic (exact) mass is 379 g/mol. The minimum atomic E-state index is -0.838. The molecule has 2 aromatic heterocycles. The van der Waals surface area contributed by atoms with E-state index in [0.29, 0.717) is 24.9 Å². The predicted octanol–water partition coefficient (Wildman–Crippen LogP) is 4.17. The van der Waals surface area contributed by atoms with E-state index in [1.807, 2.05) is 44.3 Å². The lowest BCUT2D eigenvalue weighted by atomic mass is 9.91. The standard InChI is InChI=1S/C22H19F2N3O/c1-13-7-16-5-6-27(21-20(24)10-18(23)12-26-21)22(28)19(16)9-17(13)8-15-4-3-14(2)25-11-15/h3-4,7,9-12H,5-6,8H2,1-2H3. The van der Waals surface area contributed by atoms with Crippen LogP contribution in [0.25, 0.3) is 0 Å². The van der Waals surface area contributed by atoms with Gasteiger partial charge in [0, 0.05) is 30.1 Å². The van der Waals surface area contributed by atoms with Gasteiger partial charge in [0.15, 0.2) is 11.6 Å². The fourth-order valence-electron chi connectivity index (χ4n) is 3.52. The highest BCUT2D eigenvalue weighted by Gasteiger charge is 2.29. The molecule has 0 N–H and O–H groups in total. The van der Waals surface area contributed by atoms with E-state index in [1.165, 1.54) is 4.90 Å². The van der Waals surface area contributed by atoms with E-state index in [9.17, 15) is 13.6 Å². The molecule has 0 fully saturated rings. The van der Waals surface area contributed by atoms with Crippen molar-refractivity contribution in [1.29, 1.82) is 0 Å². The summed E-state index contributed by atoms with van der Waals surface area (Å²) in [5.74, 6) is -2.06. The molecule has 0 bridgehead atoms. The molecule has 0 saturated carbocycles. The summed E-state index contributed by atoms with van der Waals surface area (Å²) in [7, 11) is 0. The Morgan fingerprint density at radius 3 is 2.61 bits per heavy atom. The van der Waals surface area contributed by atoms with E-state index >= 15 is 0 Å². The largest absolute Gasteiger partial charge is 0.290 e. The zero-order valence-electron chi connectivity index (χ0n) is 15.7. The van der Waals surface area contributed by atoms with Gasteiger partial charge in [-0.1, -0.05) is 12.1 Å². The van der Waals surface area contributed by atoms with Crippen molar-refractivity contribution in [3.05, 3.63) is 87.9 Å². The molecule has 0 spiro atoms. The third kappa shape index (κ3) is 3.38. The number of carbonyl (C=O) groups is 1. The highest BCUT2D eigenvalue weighted by molar-refractivity contribution is 6.08. The molecule has 142 valence electrons. The molecule has 4 rings (SSSR count). The number of hydrogen-bond acceptors (Lipinski definition) is 3. The number of nitrogens with zero attached hydrogens (tertiary/aromatic N) is 3. The summed E-state index contributed by atoms with van der Waals surface area (Å²) >= 11 is 0. The Morgan fingerprint density at radius 2 is 1.89 bits per heavy atom. The molecule has 1 aliphatic rings. The summed E-state index contributed by atoms with van der Waals surface area (Å²) in [6, 6.07) is 8.62. The van der Waals surface area contributed by atoms with E-state index < -0.39 is 11.6 Å². The van der Waals surface area contributed by atoms with Gasteiger partial charge in [-0.05, 0) is 61.1 Å². The van der Waals surface area contributed by atoms with Crippen LogP contribution in [0.15, 0.2) is 42.7 Å². The van der Waals surface area contributed by atoms with Crippen LogP contribution in [0.5, 0.6) is 0 Å². The van der Waals surface area contributed by atoms with Crippen LogP contribution in [0.2, 0.25) is 0 Å². The first kappa shape index (κ1) is 18.2. The second-order valence-corrected chi connectivity index (χ2v) is 7.09. The number of aromatic nitrogens is 2. The summed E-state index contributed by atoms with van der Waals surface area (Å²) in [5, 5.41) is 0. The normalized spacial score (nSPS) is 13.6. The van der Waals surface area contributed by atoms with E-state index in [2.05, 4.69) is 9.97 Å². The van der Waals surface area contributed by atoms with Crippen LogP contribution < -0.4 is 4.90 Å². The number of rotatable bonds is 3. The van der Waals surface area contributed by atoms with Gasteiger partial charge in [-0.2, -0.15) is 0 Å². The van der Waals surface area contributed by atoms with Crippen LogP contribution >= 0.6 is 0 Å². The molecule has 4 nitrogen and oxygen atoms in total. The van der Waals surface area contributed by atoms with E-state index in [-0.39, 0.29) is 11.7 Å². The Kier molecular flexibility index (Phi) is 4.63. The number of pyridine rings is 2. The second-order valence-electron chi connectivity index (χ2n) is 7.09. The van der Waals surface area contributed by atoms with Gasteiger partial charge >= 0.3 is 0 Å². The van der Waals surface area contributed by atoms with Crippen molar-refractivity contribution < 1.29 is 13.6 Å². The third-order valence-electron chi connectivity index (χ3n) is 5.05. The molecule has 0 saturated heterocycles. The zero-order valence-corrected chi connectivity index (χ0v) is 15.7. The molecule has 1 aromatic carbocycles. The van der Waals surface area contributed by atoms with Crippen molar-refractivity contribution >= 4 is 11.7 Å². The highest BCUT2D eigenvalue weighted by atomic mass is 19.1. The van der Waals surface area contributed by atoms with Crippen molar-refractivity contribution in [3.63, 3.8) is 0 Å². The lowest BCUT2D eigenvalue weighted by Crippen LogP contribution is -2.39. The first-order valence-electron chi connectivity index (χ1n) is 9.09. The quantitative estimate of drug-likeness (QED) is 0.686. The minimum absolute atomic E-state index is 0.137. The Labute approximate surface area is 161 Å².